The second-order valence-corrected chi connectivity index (χ2v) is 6.49. The average molecular weight is 330 g/mol. The van der Waals surface area contributed by atoms with Gasteiger partial charge in [0, 0.05) is 12.1 Å². The van der Waals surface area contributed by atoms with E-state index in [9.17, 15) is 13.2 Å². The number of ether oxygens (including phenoxy) is 2. The summed E-state index contributed by atoms with van der Waals surface area (Å²) < 4.78 is 36.7. The van der Waals surface area contributed by atoms with Gasteiger partial charge >= 0.3 is 0 Å². The quantitative estimate of drug-likeness (QED) is 0.738. The number of amides is 1. The van der Waals surface area contributed by atoms with Gasteiger partial charge in [0.05, 0.1) is 25.7 Å². The molecule has 124 valence electrons. The van der Waals surface area contributed by atoms with E-state index in [0.29, 0.717) is 11.5 Å². The Bertz CT molecular complexity index is 616. The number of hydrogen-bond acceptors (Lipinski definition) is 5. The van der Waals surface area contributed by atoms with E-state index in [0.717, 1.165) is 6.42 Å². The maximum atomic E-state index is 12.2. The molecular formula is C14H22N2O5S. The number of nitrogens with one attached hydrogen (secondary N) is 2. The van der Waals surface area contributed by atoms with Gasteiger partial charge in [0.1, 0.15) is 0 Å². The monoisotopic (exact) mass is 330 g/mol. The maximum absolute atomic E-state index is 12.2. The molecule has 0 saturated heterocycles. The number of hydrogen-bond donors (Lipinski definition) is 2. The Morgan fingerprint density at radius 2 is 1.86 bits per heavy atom. The van der Waals surface area contributed by atoms with Crippen LogP contribution >= 0.6 is 0 Å². The minimum absolute atomic E-state index is 0.00138. The Hall–Kier alpha value is -1.80. The van der Waals surface area contributed by atoms with E-state index in [1.807, 2.05) is 13.8 Å². The van der Waals surface area contributed by atoms with E-state index in [-0.39, 0.29) is 23.4 Å². The number of sulfonamides is 1. The highest BCUT2D eigenvalue weighted by Crippen LogP contribution is 2.29. The van der Waals surface area contributed by atoms with Gasteiger partial charge in [0.25, 0.3) is 0 Å². The van der Waals surface area contributed by atoms with Crippen molar-refractivity contribution in [2.45, 2.75) is 31.2 Å². The summed E-state index contributed by atoms with van der Waals surface area (Å²) in [5.41, 5.74) is 0. The lowest BCUT2D eigenvalue weighted by Gasteiger charge is -2.13. The molecule has 1 aromatic rings. The van der Waals surface area contributed by atoms with Gasteiger partial charge in [-0.3, -0.25) is 4.79 Å². The van der Waals surface area contributed by atoms with Crippen molar-refractivity contribution < 1.29 is 22.7 Å². The largest absolute Gasteiger partial charge is 0.493 e. The summed E-state index contributed by atoms with van der Waals surface area (Å²) in [5.74, 6) is 0.351. The Balaban J connectivity index is 2.80. The van der Waals surface area contributed by atoms with Crippen molar-refractivity contribution in [3.63, 3.8) is 0 Å². The fourth-order valence-electron chi connectivity index (χ4n) is 1.66. The third-order valence-corrected chi connectivity index (χ3v) is 4.51. The molecular weight excluding hydrogens is 308 g/mol. The number of benzene rings is 1. The number of carbonyl (C=O) groups is 1. The molecule has 22 heavy (non-hydrogen) atoms. The first-order valence-corrected chi connectivity index (χ1v) is 8.33. The first-order valence-electron chi connectivity index (χ1n) is 6.85. The summed E-state index contributed by atoms with van der Waals surface area (Å²) in [4.78, 5) is 11.6. The van der Waals surface area contributed by atoms with Crippen LogP contribution in [0.25, 0.3) is 0 Å². The molecule has 8 heteroatoms. The average Bonchev–Trinajstić information content (AvgIpc) is 2.52. The van der Waals surface area contributed by atoms with Gasteiger partial charge in [0.15, 0.2) is 11.5 Å². The van der Waals surface area contributed by atoms with Crippen LogP contribution in [0.1, 0.15) is 20.3 Å². The highest BCUT2D eigenvalue weighted by Gasteiger charge is 2.18. The van der Waals surface area contributed by atoms with E-state index in [4.69, 9.17) is 9.47 Å². The van der Waals surface area contributed by atoms with Crippen molar-refractivity contribution in [2.75, 3.05) is 20.8 Å². The zero-order valence-electron chi connectivity index (χ0n) is 13.2. The Labute approximate surface area is 131 Å². The molecule has 2 N–H and O–H groups in total. The molecule has 1 atom stereocenters. The SMILES string of the molecule is CCC(C)NC(=O)CNS(=O)(=O)c1ccc(OC)c(OC)c1. The standard InChI is InChI=1S/C14H22N2O5S/c1-5-10(2)16-14(17)9-15-22(18,19)11-6-7-12(20-3)13(8-11)21-4/h6-8,10,15H,5,9H2,1-4H3,(H,16,17). The smallest absolute Gasteiger partial charge is 0.241 e. The van der Waals surface area contributed by atoms with Crippen LogP contribution in [0.3, 0.4) is 0 Å². The summed E-state index contributed by atoms with van der Waals surface area (Å²) in [7, 11) is -0.922. The summed E-state index contributed by atoms with van der Waals surface area (Å²) in [5, 5.41) is 2.68. The lowest BCUT2D eigenvalue weighted by Crippen LogP contribution is -2.40. The van der Waals surface area contributed by atoms with Crippen LogP contribution in [0.15, 0.2) is 23.1 Å². The Kier molecular flexibility index (Phi) is 6.63. The minimum atomic E-state index is -3.80. The third-order valence-electron chi connectivity index (χ3n) is 3.11. The molecule has 0 aromatic heterocycles. The molecule has 0 spiro atoms. The van der Waals surface area contributed by atoms with Crippen molar-refractivity contribution in [2.24, 2.45) is 0 Å². The molecule has 0 radical (unpaired) electrons. The minimum Gasteiger partial charge on any atom is -0.493 e. The van der Waals surface area contributed by atoms with Gasteiger partial charge in [-0.1, -0.05) is 6.92 Å². The molecule has 0 heterocycles. The molecule has 1 amide bonds. The molecule has 0 aliphatic heterocycles. The van der Waals surface area contributed by atoms with Gasteiger partial charge < -0.3 is 14.8 Å². The number of methoxy groups -OCH3 is 2. The number of rotatable bonds is 8. The van der Waals surface area contributed by atoms with E-state index in [1.165, 1.54) is 32.4 Å². The van der Waals surface area contributed by atoms with Gasteiger partial charge in [-0.2, -0.15) is 0 Å². The van der Waals surface area contributed by atoms with Crippen LogP contribution in [0.5, 0.6) is 11.5 Å². The van der Waals surface area contributed by atoms with Crippen molar-refractivity contribution in [3.05, 3.63) is 18.2 Å². The predicted octanol–water partition coefficient (Wildman–Crippen LogP) is 0.897. The van der Waals surface area contributed by atoms with E-state index >= 15 is 0 Å². The van der Waals surface area contributed by atoms with Crippen molar-refractivity contribution in [3.8, 4) is 11.5 Å². The van der Waals surface area contributed by atoms with Crippen LogP contribution in [0, 0.1) is 0 Å². The first-order chi connectivity index (χ1) is 10.3. The molecule has 1 aromatic carbocycles. The van der Waals surface area contributed by atoms with E-state index in [2.05, 4.69) is 10.0 Å². The maximum Gasteiger partial charge on any atom is 0.241 e. The Morgan fingerprint density at radius 3 is 2.41 bits per heavy atom. The van der Waals surface area contributed by atoms with Gasteiger partial charge in [-0.05, 0) is 25.5 Å². The van der Waals surface area contributed by atoms with Crippen molar-refractivity contribution in [1.29, 1.82) is 0 Å². The fraction of sp³-hybridized carbons (Fsp3) is 0.500. The third kappa shape index (κ3) is 4.88. The summed E-state index contributed by atoms with van der Waals surface area (Å²) in [6, 6.07) is 4.22. The first kappa shape index (κ1) is 18.2. The molecule has 0 saturated carbocycles. The Morgan fingerprint density at radius 1 is 1.23 bits per heavy atom. The lowest BCUT2D eigenvalue weighted by molar-refractivity contribution is -0.120. The zero-order valence-corrected chi connectivity index (χ0v) is 14.0. The van der Waals surface area contributed by atoms with Crippen LogP contribution in [-0.4, -0.2) is 41.1 Å². The van der Waals surface area contributed by atoms with Gasteiger partial charge in [-0.15, -0.1) is 0 Å². The highest BCUT2D eigenvalue weighted by atomic mass is 32.2. The molecule has 0 bridgehead atoms. The van der Waals surface area contributed by atoms with E-state index in [1.54, 1.807) is 0 Å². The van der Waals surface area contributed by atoms with Crippen LogP contribution in [-0.2, 0) is 14.8 Å². The predicted molar refractivity (Wildman–Crippen MR) is 82.6 cm³/mol. The van der Waals surface area contributed by atoms with Gasteiger partial charge in [-0.25, -0.2) is 13.1 Å². The fourth-order valence-corrected chi connectivity index (χ4v) is 2.65. The summed E-state index contributed by atoms with van der Waals surface area (Å²) in [6.45, 7) is 3.46. The number of carbonyl (C=O) groups excluding carboxylic acids is 1. The van der Waals surface area contributed by atoms with E-state index < -0.39 is 10.0 Å². The summed E-state index contributed by atoms with van der Waals surface area (Å²) >= 11 is 0. The lowest BCUT2D eigenvalue weighted by atomic mass is 10.2. The molecule has 0 aliphatic carbocycles. The molecule has 1 unspecified atom stereocenters. The molecule has 7 nitrogen and oxygen atoms in total. The topological polar surface area (TPSA) is 93.7 Å². The van der Waals surface area contributed by atoms with Crippen molar-refractivity contribution in [1.82, 2.24) is 10.0 Å². The normalized spacial score (nSPS) is 12.5. The molecule has 0 fully saturated rings. The second kappa shape index (κ2) is 8.00. The van der Waals surface area contributed by atoms with Crippen LogP contribution in [0.4, 0.5) is 0 Å². The van der Waals surface area contributed by atoms with Crippen molar-refractivity contribution >= 4 is 15.9 Å². The highest BCUT2D eigenvalue weighted by molar-refractivity contribution is 7.89. The van der Waals surface area contributed by atoms with Crippen LogP contribution in [0.2, 0.25) is 0 Å². The molecule has 0 aliphatic rings. The molecule has 1 rings (SSSR count). The zero-order chi connectivity index (χ0) is 16.8. The second-order valence-electron chi connectivity index (χ2n) is 4.72. The summed E-state index contributed by atoms with van der Waals surface area (Å²) in [6.07, 6.45) is 0.772. The van der Waals surface area contributed by atoms with Gasteiger partial charge in [0.2, 0.25) is 15.9 Å². The van der Waals surface area contributed by atoms with Crippen LogP contribution < -0.4 is 19.5 Å².